The first-order chi connectivity index (χ1) is 19.1. The summed E-state index contributed by atoms with van der Waals surface area (Å²) in [6.07, 6.45) is -0.437. The van der Waals surface area contributed by atoms with Crippen LogP contribution in [0.15, 0.2) is 69.1 Å². The van der Waals surface area contributed by atoms with Gasteiger partial charge in [-0.3, -0.25) is 9.53 Å². The molecule has 0 unspecified atom stereocenters. The van der Waals surface area contributed by atoms with E-state index in [0.29, 0.717) is 10.0 Å². The Morgan fingerprint density at radius 2 is 1.32 bits per heavy atom. The van der Waals surface area contributed by atoms with Crippen LogP contribution >= 0.6 is 31.9 Å². The lowest BCUT2D eigenvalue weighted by Gasteiger charge is -2.45. The fourth-order valence-electron chi connectivity index (χ4n) is 5.33. The van der Waals surface area contributed by atoms with Crippen molar-refractivity contribution in [3.05, 3.63) is 80.3 Å². The van der Waals surface area contributed by atoms with E-state index in [1.807, 2.05) is 0 Å². The third kappa shape index (κ3) is 3.68. The van der Waals surface area contributed by atoms with Crippen LogP contribution in [0.1, 0.15) is 11.1 Å². The molecule has 2 bridgehead atoms. The predicted octanol–water partition coefficient (Wildman–Crippen LogP) is 3.31. The number of carbonyl (C=O) groups excluding carboxylic acids is 3. The van der Waals surface area contributed by atoms with Crippen LogP contribution in [0.25, 0.3) is 0 Å². The van der Waals surface area contributed by atoms with E-state index < -0.39 is 52.4 Å². The molecule has 0 saturated carbocycles. The van der Waals surface area contributed by atoms with Crippen molar-refractivity contribution in [3.63, 3.8) is 0 Å². The molecule has 40 heavy (non-hydrogen) atoms. The third-order valence-electron chi connectivity index (χ3n) is 7.10. The van der Waals surface area contributed by atoms with E-state index in [9.17, 15) is 14.4 Å². The first kappa shape index (κ1) is 28.8. The molecule has 212 valence electrons. The molecule has 3 aliphatic heterocycles. The summed E-state index contributed by atoms with van der Waals surface area (Å²) in [6, 6.07) is 13.2. The number of esters is 3. The first-order valence-electron chi connectivity index (χ1n) is 11.6. The van der Waals surface area contributed by atoms with E-state index in [1.165, 1.54) is 7.11 Å². The number of carbonyl (C=O) groups is 3. The Bertz CT molecular complexity index is 1360. The lowest BCUT2D eigenvalue weighted by Crippen LogP contribution is -2.67. The molecule has 5 atom stereocenters. The second-order valence-corrected chi connectivity index (χ2v) is 10.7. The normalized spacial score (nSPS) is 31.8. The minimum atomic E-state index is -2.39. The van der Waals surface area contributed by atoms with Crippen LogP contribution in [0.2, 0.25) is 0 Å². The van der Waals surface area contributed by atoms with Crippen molar-refractivity contribution >= 4 is 49.8 Å². The van der Waals surface area contributed by atoms with Crippen LogP contribution in [-0.4, -0.2) is 58.4 Å². The molecule has 3 fully saturated rings. The average Bonchev–Trinajstić information content (AvgIpc) is 3.62. The molecule has 0 amide bonds. The average molecular weight is 686 g/mol. The molecule has 0 N–H and O–H groups in total. The number of rotatable bonds is 7. The Balaban J connectivity index is 1.89. The zero-order chi connectivity index (χ0) is 28.9. The number of methoxy groups -OCH3 is 4. The summed E-state index contributed by atoms with van der Waals surface area (Å²) < 4.78 is 28.5. The molecule has 0 spiro atoms. The van der Waals surface area contributed by atoms with Gasteiger partial charge in [-0.1, -0.05) is 56.1 Å². The summed E-state index contributed by atoms with van der Waals surface area (Å²) in [7, 11) is 4.50. The maximum Gasteiger partial charge on any atom is 0.345 e. The van der Waals surface area contributed by atoms with E-state index in [-0.39, 0.29) is 5.56 Å². The van der Waals surface area contributed by atoms with Gasteiger partial charge in [0.25, 0.3) is 5.79 Å². The standard InChI is InChI=1S/C26H22Br2O12/c1-32-19(29)18(20(30)33-2)13-23(14-5-9-16(27)10-6-14)24(22(31)34-3)21(36-38-23)25(15-7-11-17(28)12-8-15)37-26(24,35-4)40-39-25/h5-13,21H,1-4H3/t21-,23+,24+,25+,26+/m0/s1. The van der Waals surface area contributed by atoms with Crippen LogP contribution in [0.3, 0.4) is 0 Å². The summed E-state index contributed by atoms with van der Waals surface area (Å²) in [5, 5.41) is 0. The van der Waals surface area contributed by atoms with Gasteiger partial charge >= 0.3 is 23.9 Å². The number of halogens is 2. The van der Waals surface area contributed by atoms with Gasteiger partial charge in [0.05, 0.1) is 21.3 Å². The highest BCUT2D eigenvalue weighted by Crippen LogP contribution is 2.73. The molecular weight excluding hydrogens is 664 g/mol. The van der Waals surface area contributed by atoms with Crippen molar-refractivity contribution in [2.24, 2.45) is 5.41 Å². The number of fused-ring (bicyclic) bond motifs is 5. The summed E-state index contributed by atoms with van der Waals surface area (Å²) in [5.74, 6) is -7.48. The maximum atomic E-state index is 14.2. The molecule has 0 aliphatic carbocycles. The summed E-state index contributed by atoms with van der Waals surface area (Å²) in [5.41, 5.74) is -4.49. The lowest BCUT2D eigenvalue weighted by molar-refractivity contribution is -0.473. The van der Waals surface area contributed by atoms with Crippen molar-refractivity contribution in [1.82, 2.24) is 0 Å². The second-order valence-electron chi connectivity index (χ2n) is 8.85. The van der Waals surface area contributed by atoms with Crippen molar-refractivity contribution in [3.8, 4) is 0 Å². The van der Waals surface area contributed by atoms with E-state index in [0.717, 1.165) is 31.9 Å². The monoisotopic (exact) mass is 684 g/mol. The number of hydrogen-bond acceptors (Lipinski definition) is 12. The van der Waals surface area contributed by atoms with Gasteiger partial charge < -0.3 is 18.9 Å². The van der Waals surface area contributed by atoms with Gasteiger partial charge in [-0.25, -0.2) is 19.4 Å². The van der Waals surface area contributed by atoms with Gasteiger partial charge in [-0.2, -0.15) is 9.78 Å². The first-order valence-corrected chi connectivity index (χ1v) is 13.2. The molecule has 0 radical (unpaired) electrons. The molecule has 14 heteroatoms. The Hall–Kier alpha value is -2.69. The molecule has 2 aromatic carbocycles. The van der Waals surface area contributed by atoms with Crippen molar-refractivity contribution in [2.75, 3.05) is 28.4 Å². The predicted molar refractivity (Wildman–Crippen MR) is 137 cm³/mol. The molecule has 3 aliphatic rings. The van der Waals surface area contributed by atoms with Crippen molar-refractivity contribution in [1.29, 1.82) is 0 Å². The third-order valence-corrected chi connectivity index (χ3v) is 8.16. The van der Waals surface area contributed by atoms with Crippen LogP contribution < -0.4 is 0 Å². The smallest absolute Gasteiger partial charge is 0.345 e. The van der Waals surface area contributed by atoms with Crippen LogP contribution in [0.4, 0.5) is 0 Å². The maximum absolute atomic E-state index is 14.2. The van der Waals surface area contributed by atoms with Gasteiger partial charge in [0.2, 0.25) is 5.41 Å². The Kier molecular flexibility index (Phi) is 7.42. The van der Waals surface area contributed by atoms with Gasteiger partial charge in [0, 0.05) is 21.6 Å². The molecule has 0 aromatic heterocycles. The Morgan fingerprint density at radius 3 is 1.82 bits per heavy atom. The molecule has 12 nitrogen and oxygen atoms in total. The SMILES string of the molecule is COC(=O)C(=C[C@]1(c2ccc(Br)cc2)OO[C@@H]2[C@@]3(c4ccc(Br)cc4)OO[C@](OC)(O3)[C@@]21C(=O)OC)C(=O)OC. The van der Waals surface area contributed by atoms with Crippen molar-refractivity contribution < 1.29 is 57.6 Å². The van der Waals surface area contributed by atoms with E-state index in [4.69, 9.17) is 43.2 Å². The molecule has 5 rings (SSSR count). The largest absolute Gasteiger partial charge is 0.468 e. The highest BCUT2D eigenvalue weighted by molar-refractivity contribution is 9.10. The highest BCUT2D eigenvalue weighted by Gasteiger charge is 2.94. The van der Waals surface area contributed by atoms with Crippen LogP contribution in [-0.2, 0) is 69.0 Å². The quantitative estimate of drug-likeness (QED) is 0.106. The highest BCUT2D eigenvalue weighted by atomic mass is 79.9. The lowest BCUT2D eigenvalue weighted by atomic mass is 9.62. The number of hydrogen-bond donors (Lipinski definition) is 0. The zero-order valence-corrected chi connectivity index (χ0v) is 24.6. The number of benzene rings is 2. The van der Waals surface area contributed by atoms with Crippen molar-refractivity contribution in [2.45, 2.75) is 23.5 Å². The molecule has 3 saturated heterocycles. The second kappa shape index (κ2) is 10.3. The van der Waals surface area contributed by atoms with Gasteiger partial charge in [-0.05, 0) is 35.9 Å². The van der Waals surface area contributed by atoms with Gasteiger partial charge in [0.15, 0.2) is 11.7 Å². The van der Waals surface area contributed by atoms with Crippen LogP contribution in [0.5, 0.6) is 0 Å². The Labute approximate surface area is 244 Å². The van der Waals surface area contributed by atoms with Gasteiger partial charge in [-0.15, -0.1) is 0 Å². The topological polar surface area (TPSA) is 134 Å². The fourth-order valence-corrected chi connectivity index (χ4v) is 5.86. The minimum Gasteiger partial charge on any atom is -0.468 e. The summed E-state index contributed by atoms with van der Waals surface area (Å²) in [6.45, 7) is 0. The summed E-state index contributed by atoms with van der Waals surface area (Å²) >= 11 is 6.77. The van der Waals surface area contributed by atoms with E-state index in [2.05, 4.69) is 31.9 Å². The van der Waals surface area contributed by atoms with E-state index in [1.54, 1.807) is 48.5 Å². The molecule has 3 heterocycles. The fraction of sp³-hybridized carbons (Fsp3) is 0.346. The van der Waals surface area contributed by atoms with Crippen LogP contribution in [0, 0.1) is 5.41 Å². The van der Waals surface area contributed by atoms with E-state index >= 15 is 0 Å². The number of ether oxygens (including phenoxy) is 5. The molecule has 2 aromatic rings. The molecular formula is C26H22Br2O12. The Morgan fingerprint density at radius 1 is 0.775 bits per heavy atom. The minimum absolute atomic E-state index is 0.219. The summed E-state index contributed by atoms with van der Waals surface area (Å²) in [4.78, 5) is 63.2. The van der Waals surface area contributed by atoms with Gasteiger partial charge in [0.1, 0.15) is 5.57 Å². The zero-order valence-electron chi connectivity index (χ0n) is 21.4.